The van der Waals surface area contributed by atoms with Crippen molar-refractivity contribution >= 4 is 22.5 Å². The summed E-state index contributed by atoms with van der Waals surface area (Å²) in [6.45, 7) is 0.152. The van der Waals surface area contributed by atoms with E-state index in [1.54, 1.807) is 30.6 Å². The Labute approximate surface area is 171 Å². The number of fused-ring (bicyclic) bond motifs is 1. The van der Waals surface area contributed by atoms with Gasteiger partial charge in [0.2, 0.25) is 0 Å². The fourth-order valence-corrected chi connectivity index (χ4v) is 3.43. The predicted octanol–water partition coefficient (Wildman–Crippen LogP) is 3.19. The fraction of sp³-hybridized carbons (Fsp3) is 0.0870. The van der Waals surface area contributed by atoms with Crippen molar-refractivity contribution in [2.24, 2.45) is 0 Å². The standard InChI is InChI=1S/C23H19FN4O2/c1-26-22(29)18-8-14(9-19(24)11-18)13-28-7-5-17-10-15(2-3-20(17)23(28)30)16-4-6-27-21(25)12-16/h2-12H,13H2,1H3,(H2,25,27)(H,26,29). The summed E-state index contributed by atoms with van der Waals surface area (Å²) in [5.41, 5.74) is 8.14. The highest BCUT2D eigenvalue weighted by atomic mass is 19.1. The number of nitrogen functional groups attached to an aromatic ring is 1. The van der Waals surface area contributed by atoms with Gasteiger partial charge in [0.1, 0.15) is 11.6 Å². The van der Waals surface area contributed by atoms with Crippen LogP contribution in [0, 0.1) is 5.82 Å². The van der Waals surface area contributed by atoms with Crippen molar-refractivity contribution in [3.63, 3.8) is 0 Å². The van der Waals surface area contributed by atoms with E-state index in [1.165, 1.54) is 23.7 Å². The van der Waals surface area contributed by atoms with E-state index in [1.807, 2.05) is 24.3 Å². The number of halogens is 1. The minimum atomic E-state index is -0.527. The van der Waals surface area contributed by atoms with Crippen LogP contribution < -0.4 is 16.6 Å². The molecule has 1 amide bonds. The molecule has 0 saturated heterocycles. The van der Waals surface area contributed by atoms with Gasteiger partial charge in [-0.25, -0.2) is 9.37 Å². The van der Waals surface area contributed by atoms with Crippen LogP contribution in [-0.4, -0.2) is 22.5 Å². The Kier molecular flexibility index (Phi) is 5.02. The third kappa shape index (κ3) is 3.77. The summed E-state index contributed by atoms with van der Waals surface area (Å²) in [5.74, 6) is -0.485. The summed E-state index contributed by atoms with van der Waals surface area (Å²) in [5, 5.41) is 3.81. The van der Waals surface area contributed by atoms with Gasteiger partial charge in [0.05, 0.1) is 6.54 Å². The van der Waals surface area contributed by atoms with Crippen LogP contribution in [0.5, 0.6) is 0 Å². The van der Waals surface area contributed by atoms with Crippen LogP contribution in [0.2, 0.25) is 0 Å². The molecule has 0 saturated carbocycles. The maximum absolute atomic E-state index is 13.9. The molecule has 0 aliphatic carbocycles. The molecular weight excluding hydrogens is 383 g/mol. The zero-order valence-corrected chi connectivity index (χ0v) is 16.2. The maximum Gasteiger partial charge on any atom is 0.258 e. The Morgan fingerprint density at radius 1 is 1.10 bits per heavy atom. The van der Waals surface area contributed by atoms with Gasteiger partial charge >= 0.3 is 0 Å². The molecule has 2 aromatic carbocycles. The molecule has 6 nitrogen and oxygen atoms in total. The van der Waals surface area contributed by atoms with Crippen LogP contribution in [-0.2, 0) is 6.54 Å². The summed E-state index contributed by atoms with van der Waals surface area (Å²) in [6.07, 6.45) is 3.30. The number of pyridine rings is 2. The molecular formula is C23H19FN4O2. The first-order chi connectivity index (χ1) is 14.4. The van der Waals surface area contributed by atoms with Gasteiger partial charge in [-0.15, -0.1) is 0 Å². The van der Waals surface area contributed by atoms with Gasteiger partial charge < -0.3 is 15.6 Å². The van der Waals surface area contributed by atoms with E-state index in [0.29, 0.717) is 16.8 Å². The molecule has 0 aliphatic heterocycles. The zero-order chi connectivity index (χ0) is 21.3. The first-order valence-corrected chi connectivity index (χ1v) is 9.31. The smallest absolute Gasteiger partial charge is 0.258 e. The van der Waals surface area contributed by atoms with Crippen molar-refractivity contribution in [3.05, 3.63) is 94.3 Å². The first-order valence-electron chi connectivity index (χ1n) is 9.31. The molecule has 7 heteroatoms. The lowest BCUT2D eigenvalue weighted by Crippen LogP contribution is -2.21. The Bertz CT molecular complexity index is 1330. The molecule has 2 aromatic heterocycles. The number of nitrogens with two attached hydrogens (primary N) is 1. The van der Waals surface area contributed by atoms with Crippen molar-refractivity contribution in [2.45, 2.75) is 6.54 Å². The number of anilines is 1. The quantitative estimate of drug-likeness (QED) is 0.549. The van der Waals surface area contributed by atoms with Crippen molar-refractivity contribution in [1.82, 2.24) is 14.9 Å². The highest BCUT2D eigenvalue weighted by Gasteiger charge is 2.10. The Morgan fingerprint density at radius 2 is 1.90 bits per heavy atom. The van der Waals surface area contributed by atoms with Gasteiger partial charge in [-0.1, -0.05) is 6.07 Å². The van der Waals surface area contributed by atoms with Crippen LogP contribution in [0.15, 0.2) is 71.8 Å². The summed E-state index contributed by atoms with van der Waals surface area (Å²) in [6, 6.07) is 15.1. The van der Waals surface area contributed by atoms with Gasteiger partial charge in [0, 0.05) is 30.4 Å². The summed E-state index contributed by atoms with van der Waals surface area (Å²) < 4.78 is 15.4. The van der Waals surface area contributed by atoms with Gasteiger partial charge in [-0.2, -0.15) is 0 Å². The van der Waals surface area contributed by atoms with Gasteiger partial charge in [0.15, 0.2) is 0 Å². The van der Waals surface area contributed by atoms with Crippen molar-refractivity contribution in [2.75, 3.05) is 12.8 Å². The van der Waals surface area contributed by atoms with E-state index >= 15 is 0 Å². The zero-order valence-electron chi connectivity index (χ0n) is 16.2. The SMILES string of the molecule is CNC(=O)c1cc(F)cc(Cn2ccc3cc(-c4ccnc(N)c4)ccc3c2=O)c1. The van der Waals surface area contributed by atoms with Crippen LogP contribution in [0.4, 0.5) is 10.2 Å². The van der Waals surface area contributed by atoms with Crippen molar-refractivity contribution in [3.8, 4) is 11.1 Å². The molecule has 2 heterocycles. The Balaban J connectivity index is 1.71. The molecule has 0 bridgehead atoms. The summed E-state index contributed by atoms with van der Waals surface area (Å²) in [4.78, 5) is 28.8. The van der Waals surface area contributed by atoms with Gasteiger partial charge in [-0.05, 0) is 70.6 Å². The second-order valence-electron chi connectivity index (χ2n) is 6.95. The molecule has 30 heavy (non-hydrogen) atoms. The number of hydrogen-bond acceptors (Lipinski definition) is 4. The number of nitrogens with zero attached hydrogens (tertiary/aromatic N) is 2. The minimum Gasteiger partial charge on any atom is -0.384 e. The van der Waals surface area contributed by atoms with Gasteiger partial charge in [0.25, 0.3) is 11.5 Å². The molecule has 0 radical (unpaired) electrons. The van der Waals surface area contributed by atoms with Gasteiger partial charge in [-0.3, -0.25) is 9.59 Å². The van der Waals surface area contributed by atoms with Crippen LogP contribution >= 0.6 is 0 Å². The third-order valence-electron chi connectivity index (χ3n) is 4.89. The number of aromatic nitrogens is 2. The van der Waals surface area contributed by atoms with Crippen LogP contribution in [0.1, 0.15) is 15.9 Å². The van der Waals surface area contributed by atoms with E-state index in [2.05, 4.69) is 10.3 Å². The number of nitrogens with one attached hydrogen (secondary N) is 1. The van der Waals surface area contributed by atoms with E-state index < -0.39 is 5.82 Å². The van der Waals surface area contributed by atoms with Crippen LogP contribution in [0.3, 0.4) is 0 Å². The van der Waals surface area contributed by atoms with E-state index in [0.717, 1.165) is 16.5 Å². The third-order valence-corrected chi connectivity index (χ3v) is 4.89. The molecule has 4 aromatic rings. The molecule has 0 fully saturated rings. The highest BCUT2D eigenvalue weighted by molar-refractivity contribution is 5.94. The molecule has 0 spiro atoms. The van der Waals surface area contributed by atoms with E-state index in [-0.39, 0.29) is 23.6 Å². The number of carbonyl (C=O) groups is 1. The topological polar surface area (TPSA) is 90.0 Å². The number of carbonyl (C=O) groups excluding carboxylic acids is 1. The normalized spacial score (nSPS) is 10.9. The second kappa shape index (κ2) is 7.79. The average Bonchev–Trinajstić information content (AvgIpc) is 2.74. The lowest BCUT2D eigenvalue weighted by Gasteiger charge is -2.10. The molecule has 0 unspecified atom stereocenters. The molecule has 150 valence electrons. The molecule has 0 aliphatic rings. The molecule has 3 N–H and O–H groups in total. The monoisotopic (exact) mass is 402 g/mol. The number of amides is 1. The van der Waals surface area contributed by atoms with Crippen molar-refractivity contribution < 1.29 is 9.18 Å². The molecule has 0 atom stereocenters. The van der Waals surface area contributed by atoms with Crippen molar-refractivity contribution in [1.29, 1.82) is 0 Å². The highest BCUT2D eigenvalue weighted by Crippen LogP contribution is 2.24. The second-order valence-corrected chi connectivity index (χ2v) is 6.95. The Hall–Kier alpha value is -4.00. The van der Waals surface area contributed by atoms with E-state index in [4.69, 9.17) is 5.73 Å². The number of hydrogen-bond donors (Lipinski definition) is 2. The molecule has 4 rings (SSSR count). The van der Waals surface area contributed by atoms with Crippen LogP contribution in [0.25, 0.3) is 21.9 Å². The number of benzene rings is 2. The average molecular weight is 402 g/mol. The lowest BCUT2D eigenvalue weighted by atomic mass is 10.0. The summed E-state index contributed by atoms with van der Waals surface area (Å²) >= 11 is 0. The largest absolute Gasteiger partial charge is 0.384 e. The first kappa shape index (κ1) is 19.3. The Morgan fingerprint density at radius 3 is 2.67 bits per heavy atom. The fourth-order valence-electron chi connectivity index (χ4n) is 3.43. The maximum atomic E-state index is 13.9. The lowest BCUT2D eigenvalue weighted by molar-refractivity contribution is 0.0962. The summed E-state index contributed by atoms with van der Waals surface area (Å²) in [7, 11) is 1.48. The number of rotatable bonds is 4. The predicted molar refractivity (Wildman–Crippen MR) is 115 cm³/mol. The minimum absolute atomic E-state index is 0.152. The van der Waals surface area contributed by atoms with E-state index in [9.17, 15) is 14.0 Å².